The van der Waals surface area contributed by atoms with E-state index in [0.29, 0.717) is 22.4 Å². The third-order valence-corrected chi connectivity index (χ3v) is 4.29. The Balaban J connectivity index is 1.41. The predicted octanol–water partition coefficient (Wildman–Crippen LogP) is 5.10. The van der Waals surface area contributed by atoms with Gasteiger partial charge in [0.15, 0.2) is 6.61 Å². The SMILES string of the molecule is O=C(COc1ccc(Cl)cc1)NN=Cc1ccc(OCc2ccc(Cl)cc2)cc1. The Morgan fingerprint density at radius 1 is 0.828 bits per heavy atom. The van der Waals surface area contributed by atoms with Crippen LogP contribution in [0, 0.1) is 0 Å². The summed E-state index contributed by atoms with van der Waals surface area (Å²) >= 11 is 11.7. The fourth-order valence-electron chi connectivity index (χ4n) is 2.29. The summed E-state index contributed by atoms with van der Waals surface area (Å²) in [6.45, 7) is 0.310. The summed E-state index contributed by atoms with van der Waals surface area (Å²) in [5, 5.41) is 5.22. The van der Waals surface area contributed by atoms with Crippen LogP contribution in [0.4, 0.5) is 0 Å². The Labute approximate surface area is 178 Å². The molecule has 0 aliphatic rings. The molecule has 0 saturated heterocycles. The van der Waals surface area contributed by atoms with Crippen LogP contribution < -0.4 is 14.9 Å². The average molecular weight is 429 g/mol. The van der Waals surface area contributed by atoms with Crippen molar-refractivity contribution in [3.63, 3.8) is 0 Å². The van der Waals surface area contributed by atoms with Crippen LogP contribution >= 0.6 is 23.2 Å². The number of amides is 1. The van der Waals surface area contributed by atoms with Gasteiger partial charge in [0.2, 0.25) is 0 Å². The second-order valence-corrected chi connectivity index (χ2v) is 6.89. The smallest absolute Gasteiger partial charge is 0.277 e. The molecule has 0 bridgehead atoms. The van der Waals surface area contributed by atoms with Gasteiger partial charge in [-0.25, -0.2) is 5.43 Å². The second-order valence-electron chi connectivity index (χ2n) is 6.02. The fourth-order valence-corrected chi connectivity index (χ4v) is 2.54. The number of rotatable bonds is 8. The molecule has 0 aliphatic heterocycles. The summed E-state index contributed by atoms with van der Waals surface area (Å²) in [6.07, 6.45) is 1.54. The van der Waals surface area contributed by atoms with Crippen molar-refractivity contribution >= 4 is 35.3 Å². The Morgan fingerprint density at radius 2 is 1.38 bits per heavy atom. The highest BCUT2D eigenvalue weighted by Crippen LogP contribution is 2.16. The molecule has 0 fully saturated rings. The molecule has 0 heterocycles. The number of halogens is 2. The van der Waals surface area contributed by atoms with Crippen LogP contribution in [0.1, 0.15) is 11.1 Å². The molecule has 3 aromatic rings. The minimum atomic E-state index is -0.362. The molecule has 3 rings (SSSR count). The molecule has 0 aromatic heterocycles. The number of hydrazone groups is 1. The van der Waals surface area contributed by atoms with Gasteiger partial charge < -0.3 is 9.47 Å². The molecule has 7 heteroatoms. The molecule has 0 atom stereocenters. The molecule has 1 amide bonds. The van der Waals surface area contributed by atoms with E-state index in [2.05, 4.69) is 10.5 Å². The molecule has 0 spiro atoms. The topological polar surface area (TPSA) is 59.9 Å². The van der Waals surface area contributed by atoms with Gasteiger partial charge in [-0.1, -0.05) is 35.3 Å². The second kappa shape index (κ2) is 10.5. The molecule has 148 valence electrons. The first-order chi connectivity index (χ1) is 14.1. The molecule has 0 unspecified atom stereocenters. The first-order valence-corrected chi connectivity index (χ1v) is 9.52. The van der Waals surface area contributed by atoms with E-state index in [0.717, 1.165) is 16.9 Å². The highest BCUT2D eigenvalue weighted by atomic mass is 35.5. The predicted molar refractivity (Wildman–Crippen MR) is 115 cm³/mol. The first kappa shape index (κ1) is 20.7. The lowest BCUT2D eigenvalue weighted by Crippen LogP contribution is -2.24. The van der Waals surface area contributed by atoms with Gasteiger partial charge in [0.1, 0.15) is 18.1 Å². The standard InChI is InChI=1S/C22H18Cl2N2O3/c23-18-5-1-17(2-6-18)14-28-20-9-3-16(4-10-20)13-25-26-22(27)15-29-21-11-7-19(24)8-12-21/h1-13H,14-15H2,(H,26,27). The van der Waals surface area contributed by atoms with Gasteiger partial charge in [-0.2, -0.15) is 5.10 Å². The van der Waals surface area contributed by atoms with E-state index in [1.165, 1.54) is 0 Å². The molecular formula is C22H18Cl2N2O3. The summed E-state index contributed by atoms with van der Waals surface area (Å²) in [5.74, 6) is 0.930. The van der Waals surface area contributed by atoms with Gasteiger partial charge in [-0.3, -0.25) is 4.79 Å². The summed E-state index contributed by atoms with van der Waals surface area (Å²) in [6, 6.07) is 21.6. The maximum atomic E-state index is 11.8. The van der Waals surface area contributed by atoms with Gasteiger partial charge in [-0.15, -0.1) is 0 Å². The average Bonchev–Trinajstić information content (AvgIpc) is 2.74. The highest BCUT2D eigenvalue weighted by Gasteiger charge is 2.01. The maximum Gasteiger partial charge on any atom is 0.277 e. The number of carbonyl (C=O) groups is 1. The number of carbonyl (C=O) groups excluding carboxylic acids is 1. The van der Waals surface area contributed by atoms with Gasteiger partial charge >= 0.3 is 0 Å². The normalized spacial score (nSPS) is 10.7. The van der Waals surface area contributed by atoms with Crippen molar-refractivity contribution < 1.29 is 14.3 Å². The van der Waals surface area contributed by atoms with Gasteiger partial charge in [0, 0.05) is 10.0 Å². The van der Waals surface area contributed by atoms with Gasteiger partial charge in [0.25, 0.3) is 5.91 Å². The fraction of sp³-hybridized carbons (Fsp3) is 0.0909. The molecule has 0 saturated carbocycles. The summed E-state index contributed by atoms with van der Waals surface area (Å²) in [4.78, 5) is 11.8. The summed E-state index contributed by atoms with van der Waals surface area (Å²) in [5.41, 5.74) is 4.27. The Kier molecular flexibility index (Phi) is 7.50. The lowest BCUT2D eigenvalue weighted by Gasteiger charge is -2.06. The maximum absolute atomic E-state index is 11.8. The zero-order valence-corrected chi connectivity index (χ0v) is 16.9. The first-order valence-electron chi connectivity index (χ1n) is 8.76. The van der Waals surface area contributed by atoms with Crippen molar-refractivity contribution in [1.82, 2.24) is 5.43 Å². The highest BCUT2D eigenvalue weighted by molar-refractivity contribution is 6.30. The quantitative estimate of drug-likeness (QED) is 0.400. The Hall–Kier alpha value is -3.02. The van der Waals surface area contributed by atoms with Crippen LogP contribution in [0.5, 0.6) is 11.5 Å². The Morgan fingerprint density at radius 3 is 2.03 bits per heavy atom. The van der Waals surface area contributed by atoms with E-state index < -0.39 is 0 Å². The van der Waals surface area contributed by atoms with Crippen LogP contribution in [-0.4, -0.2) is 18.7 Å². The van der Waals surface area contributed by atoms with E-state index in [1.807, 2.05) is 48.5 Å². The lowest BCUT2D eigenvalue weighted by molar-refractivity contribution is -0.123. The monoisotopic (exact) mass is 428 g/mol. The third kappa shape index (κ3) is 7.14. The van der Waals surface area contributed by atoms with Gasteiger partial charge in [-0.05, 0) is 71.8 Å². The van der Waals surface area contributed by atoms with Crippen LogP contribution in [0.25, 0.3) is 0 Å². The van der Waals surface area contributed by atoms with Gasteiger partial charge in [0.05, 0.1) is 6.21 Å². The third-order valence-electron chi connectivity index (χ3n) is 3.79. The number of hydrogen-bond acceptors (Lipinski definition) is 4. The molecule has 3 aromatic carbocycles. The van der Waals surface area contributed by atoms with Crippen molar-refractivity contribution in [3.05, 3.63) is 94.0 Å². The van der Waals surface area contributed by atoms with Crippen molar-refractivity contribution in [3.8, 4) is 11.5 Å². The van der Waals surface area contributed by atoms with E-state index in [4.69, 9.17) is 32.7 Å². The zero-order chi connectivity index (χ0) is 20.5. The van der Waals surface area contributed by atoms with E-state index >= 15 is 0 Å². The number of ether oxygens (including phenoxy) is 2. The molecule has 0 aliphatic carbocycles. The summed E-state index contributed by atoms with van der Waals surface area (Å²) < 4.78 is 11.1. The van der Waals surface area contributed by atoms with Crippen molar-refractivity contribution in [2.24, 2.45) is 5.10 Å². The molecule has 29 heavy (non-hydrogen) atoms. The minimum Gasteiger partial charge on any atom is -0.489 e. The lowest BCUT2D eigenvalue weighted by atomic mass is 10.2. The van der Waals surface area contributed by atoms with Crippen LogP contribution in [0.15, 0.2) is 77.9 Å². The largest absolute Gasteiger partial charge is 0.489 e. The van der Waals surface area contributed by atoms with Crippen molar-refractivity contribution in [2.75, 3.05) is 6.61 Å². The number of nitrogens with one attached hydrogen (secondary N) is 1. The molecule has 1 N–H and O–H groups in total. The van der Waals surface area contributed by atoms with Crippen LogP contribution in [-0.2, 0) is 11.4 Å². The van der Waals surface area contributed by atoms with Crippen molar-refractivity contribution in [2.45, 2.75) is 6.61 Å². The van der Waals surface area contributed by atoms with Crippen LogP contribution in [0.2, 0.25) is 10.0 Å². The summed E-state index contributed by atoms with van der Waals surface area (Å²) in [7, 11) is 0. The van der Waals surface area contributed by atoms with E-state index in [-0.39, 0.29) is 12.5 Å². The number of benzene rings is 3. The number of nitrogens with zero attached hydrogens (tertiary/aromatic N) is 1. The molecule has 5 nitrogen and oxygen atoms in total. The molecular weight excluding hydrogens is 411 g/mol. The minimum absolute atomic E-state index is 0.142. The van der Waals surface area contributed by atoms with E-state index in [9.17, 15) is 4.79 Å². The zero-order valence-electron chi connectivity index (χ0n) is 15.3. The molecule has 0 radical (unpaired) electrons. The Bertz CT molecular complexity index is 957. The number of hydrogen-bond donors (Lipinski definition) is 1. The van der Waals surface area contributed by atoms with Crippen LogP contribution in [0.3, 0.4) is 0 Å². The van der Waals surface area contributed by atoms with Crippen molar-refractivity contribution in [1.29, 1.82) is 0 Å². The van der Waals surface area contributed by atoms with E-state index in [1.54, 1.807) is 30.5 Å².